The summed E-state index contributed by atoms with van der Waals surface area (Å²) in [6.45, 7) is 2.35. The molecule has 2 fully saturated rings. The van der Waals surface area contributed by atoms with Gasteiger partial charge in [-0.3, -0.25) is 4.90 Å². The van der Waals surface area contributed by atoms with Gasteiger partial charge in [0.25, 0.3) is 0 Å². The summed E-state index contributed by atoms with van der Waals surface area (Å²) in [5.74, 6) is 0. The molecule has 1 atom stereocenters. The van der Waals surface area contributed by atoms with Gasteiger partial charge in [-0.15, -0.1) is 0 Å². The number of rotatable bonds is 4. The van der Waals surface area contributed by atoms with E-state index in [4.69, 9.17) is 0 Å². The molecule has 100 valence electrons. The Kier molecular flexibility index (Phi) is 3.66. The van der Waals surface area contributed by atoms with Crippen molar-refractivity contribution in [3.8, 4) is 0 Å². The van der Waals surface area contributed by atoms with Gasteiger partial charge in [0, 0.05) is 24.8 Å². The van der Waals surface area contributed by atoms with Gasteiger partial charge in [-0.1, -0.05) is 12.8 Å². The Morgan fingerprint density at radius 2 is 2.11 bits per heavy atom. The highest BCUT2D eigenvalue weighted by molar-refractivity contribution is 5.04. The smallest absolute Gasteiger partial charge is 0.0951 e. The molecule has 0 radical (unpaired) electrons. The third kappa shape index (κ3) is 2.59. The largest absolute Gasteiger partial charge is 0.395 e. The van der Waals surface area contributed by atoms with E-state index < -0.39 is 0 Å². The van der Waals surface area contributed by atoms with Crippen LogP contribution in [0.4, 0.5) is 0 Å². The Morgan fingerprint density at radius 1 is 1.22 bits per heavy atom. The van der Waals surface area contributed by atoms with Crippen LogP contribution in [0.15, 0.2) is 12.5 Å². The van der Waals surface area contributed by atoms with E-state index in [1.165, 1.54) is 37.8 Å². The molecule has 0 amide bonds. The van der Waals surface area contributed by atoms with Crippen LogP contribution in [0.3, 0.4) is 0 Å². The number of nitrogens with zero attached hydrogens (tertiary/aromatic N) is 3. The van der Waals surface area contributed by atoms with Crippen LogP contribution in [0.2, 0.25) is 0 Å². The minimum absolute atomic E-state index is 0.289. The SMILES string of the molecule is OCC1CCCCCN1Cc1cncn1C1CC1. The molecule has 1 aromatic rings. The molecular formula is C14H23N3O. The molecule has 1 N–H and O–H groups in total. The molecule has 3 rings (SSSR count). The maximum Gasteiger partial charge on any atom is 0.0951 e. The number of aliphatic hydroxyl groups excluding tert-OH is 1. The van der Waals surface area contributed by atoms with E-state index in [0.717, 1.165) is 19.5 Å². The summed E-state index contributed by atoms with van der Waals surface area (Å²) >= 11 is 0. The molecule has 1 aliphatic carbocycles. The highest BCUT2D eigenvalue weighted by atomic mass is 16.3. The average molecular weight is 249 g/mol. The Labute approximate surface area is 109 Å². The molecule has 1 aromatic heterocycles. The fraction of sp³-hybridized carbons (Fsp3) is 0.786. The molecule has 18 heavy (non-hydrogen) atoms. The lowest BCUT2D eigenvalue weighted by Crippen LogP contribution is -2.37. The molecule has 0 aromatic carbocycles. The summed E-state index contributed by atoms with van der Waals surface area (Å²) in [7, 11) is 0. The fourth-order valence-electron chi connectivity index (χ4n) is 3.00. The van der Waals surface area contributed by atoms with E-state index >= 15 is 0 Å². The van der Waals surface area contributed by atoms with E-state index in [0.29, 0.717) is 12.1 Å². The second-order valence-electron chi connectivity index (χ2n) is 5.68. The normalized spacial score (nSPS) is 26.2. The molecular weight excluding hydrogens is 226 g/mol. The van der Waals surface area contributed by atoms with Crippen LogP contribution in [0.1, 0.15) is 50.3 Å². The Hall–Kier alpha value is -0.870. The van der Waals surface area contributed by atoms with Crippen molar-refractivity contribution in [1.82, 2.24) is 14.5 Å². The monoisotopic (exact) mass is 249 g/mol. The Balaban J connectivity index is 1.70. The lowest BCUT2D eigenvalue weighted by atomic mass is 10.1. The summed E-state index contributed by atoms with van der Waals surface area (Å²) in [5.41, 5.74) is 1.32. The lowest BCUT2D eigenvalue weighted by Gasteiger charge is -2.28. The molecule has 4 heteroatoms. The molecule has 2 aliphatic rings. The summed E-state index contributed by atoms with van der Waals surface area (Å²) in [5, 5.41) is 9.54. The number of hydrogen-bond acceptors (Lipinski definition) is 3. The Morgan fingerprint density at radius 3 is 2.89 bits per heavy atom. The van der Waals surface area contributed by atoms with Crippen LogP contribution >= 0.6 is 0 Å². The van der Waals surface area contributed by atoms with Crippen LogP contribution in [0.25, 0.3) is 0 Å². The van der Waals surface area contributed by atoms with Crippen LogP contribution in [-0.4, -0.2) is 38.8 Å². The topological polar surface area (TPSA) is 41.3 Å². The van der Waals surface area contributed by atoms with Gasteiger partial charge in [-0.05, 0) is 32.2 Å². The quantitative estimate of drug-likeness (QED) is 0.887. The lowest BCUT2D eigenvalue weighted by molar-refractivity contribution is 0.116. The van der Waals surface area contributed by atoms with E-state index in [2.05, 4.69) is 14.5 Å². The Bertz CT molecular complexity index is 386. The van der Waals surface area contributed by atoms with E-state index in [-0.39, 0.29) is 6.61 Å². The van der Waals surface area contributed by atoms with E-state index in [9.17, 15) is 5.11 Å². The molecule has 0 bridgehead atoms. The molecule has 1 saturated carbocycles. The maximum absolute atomic E-state index is 9.54. The predicted molar refractivity (Wildman–Crippen MR) is 70.2 cm³/mol. The third-order valence-corrected chi connectivity index (χ3v) is 4.26. The van der Waals surface area contributed by atoms with Gasteiger partial charge in [-0.2, -0.15) is 0 Å². The number of likely N-dealkylation sites (tertiary alicyclic amines) is 1. The second-order valence-corrected chi connectivity index (χ2v) is 5.68. The van der Waals surface area contributed by atoms with Crippen molar-refractivity contribution in [2.24, 2.45) is 0 Å². The van der Waals surface area contributed by atoms with Gasteiger partial charge < -0.3 is 9.67 Å². The van der Waals surface area contributed by atoms with Crippen molar-refractivity contribution in [3.63, 3.8) is 0 Å². The van der Waals surface area contributed by atoms with Crippen LogP contribution in [0, 0.1) is 0 Å². The van der Waals surface area contributed by atoms with Crippen LogP contribution in [-0.2, 0) is 6.54 Å². The van der Waals surface area contributed by atoms with Gasteiger partial charge in [0.15, 0.2) is 0 Å². The number of imidazole rings is 1. The fourth-order valence-corrected chi connectivity index (χ4v) is 3.00. The predicted octanol–water partition coefficient (Wildman–Crippen LogP) is 1.95. The van der Waals surface area contributed by atoms with Gasteiger partial charge >= 0.3 is 0 Å². The van der Waals surface area contributed by atoms with Gasteiger partial charge in [0.2, 0.25) is 0 Å². The zero-order valence-corrected chi connectivity index (χ0v) is 11.0. The number of aromatic nitrogens is 2. The van der Waals surface area contributed by atoms with Crippen LogP contribution < -0.4 is 0 Å². The minimum atomic E-state index is 0.289. The average Bonchev–Trinajstić information content (AvgIpc) is 3.16. The van der Waals surface area contributed by atoms with Gasteiger partial charge in [0.1, 0.15) is 0 Å². The van der Waals surface area contributed by atoms with E-state index in [1.54, 1.807) is 0 Å². The number of hydrogen-bond donors (Lipinski definition) is 1. The van der Waals surface area contributed by atoms with Crippen molar-refractivity contribution in [2.45, 2.75) is 57.2 Å². The molecule has 1 aliphatic heterocycles. The summed E-state index contributed by atoms with van der Waals surface area (Å²) in [6, 6.07) is 1.04. The summed E-state index contributed by atoms with van der Waals surface area (Å²) < 4.78 is 2.33. The van der Waals surface area contributed by atoms with Crippen molar-refractivity contribution >= 4 is 0 Å². The standard InChI is InChI=1S/C14H23N3O/c18-10-13-4-2-1-3-7-16(13)9-14-8-15-11-17(14)12-5-6-12/h8,11-13,18H,1-7,9-10H2. The summed E-state index contributed by atoms with van der Waals surface area (Å²) in [4.78, 5) is 6.74. The minimum Gasteiger partial charge on any atom is -0.395 e. The zero-order valence-electron chi connectivity index (χ0n) is 11.0. The molecule has 1 unspecified atom stereocenters. The highest BCUT2D eigenvalue weighted by Crippen LogP contribution is 2.36. The maximum atomic E-state index is 9.54. The number of aliphatic hydroxyl groups is 1. The first-order valence-electron chi connectivity index (χ1n) is 7.24. The van der Waals surface area contributed by atoms with Crippen molar-refractivity contribution in [1.29, 1.82) is 0 Å². The molecule has 0 spiro atoms. The zero-order chi connectivity index (χ0) is 12.4. The van der Waals surface area contributed by atoms with Crippen molar-refractivity contribution in [2.75, 3.05) is 13.2 Å². The van der Waals surface area contributed by atoms with Gasteiger partial charge in [-0.25, -0.2) is 4.98 Å². The first-order valence-corrected chi connectivity index (χ1v) is 7.24. The summed E-state index contributed by atoms with van der Waals surface area (Å²) in [6.07, 6.45) is 11.5. The first kappa shape index (κ1) is 12.2. The molecule has 4 nitrogen and oxygen atoms in total. The molecule has 2 heterocycles. The first-order chi connectivity index (χ1) is 8.88. The highest BCUT2D eigenvalue weighted by Gasteiger charge is 2.27. The van der Waals surface area contributed by atoms with Crippen molar-refractivity contribution < 1.29 is 5.11 Å². The van der Waals surface area contributed by atoms with Gasteiger partial charge in [0.05, 0.1) is 18.6 Å². The second kappa shape index (κ2) is 5.41. The third-order valence-electron chi connectivity index (χ3n) is 4.26. The van der Waals surface area contributed by atoms with Crippen LogP contribution in [0.5, 0.6) is 0 Å². The van der Waals surface area contributed by atoms with Crippen molar-refractivity contribution in [3.05, 3.63) is 18.2 Å². The van der Waals surface area contributed by atoms with E-state index in [1.807, 2.05) is 12.5 Å². The molecule has 1 saturated heterocycles.